The molecular weight excluding hydrogens is 404 g/mol. The number of rotatable bonds is 7. The van der Waals surface area contributed by atoms with Gasteiger partial charge in [-0.05, 0) is 49.1 Å². The molecule has 0 bridgehead atoms. The largest absolute Gasteiger partial charge is 0.445 e. The summed E-state index contributed by atoms with van der Waals surface area (Å²) < 4.78 is 11.8. The molecular formula is C26H34N2O4. The molecule has 1 saturated carbocycles. The Balaban J connectivity index is 1.31. The van der Waals surface area contributed by atoms with Crippen molar-refractivity contribution >= 4 is 6.09 Å². The van der Waals surface area contributed by atoms with Gasteiger partial charge in [0.2, 0.25) is 0 Å². The van der Waals surface area contributed by atoms with Crippen LogP contribution in [0.3, 0.4) is 0 Å². The SMILES string of the molecule is NC1(CO)CCN(C(=O)OCc2ccccc2)C1COC1CCC(c2ccccc2)CC1. The summed E-state index contributed by atoms with van der Waals surface area (Å²) in [4.78, 5) is 14.4. The zero-order valence-electron chi connectivity index (χ0n) is 18.6. The van der Waals surface area contributed by atoms with E-state index in [2.05, 4.69) is 30.3 Å². The number of hydrogen-bond donors (Lipinski definition) is 2. The van der Waals surface area contributed by atoms with Crippen LogP contribution in [0.2, 0.25) is 0 Å². The molecule has 1 amide bonds. The van der Waals surface area contributed by atoms with Gasteiger partial charge in [0.15, 0.2) is 0 Å². The van der Waals surface area contributed by atoms with Gasteiger partial charge >= 0.3 is 6.09 Å². The minimum Gasteiger partial charge on any atom is -0.445 e. The number of aliphatic hydroxyl groups is 1. The molecule has 2 aromatic rings. The molecule has 0 radical (unpaired) electrons. The van der Waals surface area contributed by atoms with Gasteiger partial charge in [-0.2, -0.15) is 0 Å². The van der Waals surface area contributed by atoms with Crippen LogP contribution in [0.5, 0.6) is 0 Å². The van der Waals surface area contributed by atoms with E-state index in [1.807, 2.05) is 30.3 Å². The number of nitrogens with two attached hydrogens (primary N) is 1. The second-order valence-electron chi connectivity index (χ2n) is 9.11. The van der Waals surface area contributed by atoms with Crippen LogP contribution in [0.15, 0.2) is 60.7 Å². The molecule has 1 heterocycles. The van der Waals surface area contributed by atoms with Crippen molar-refractivity contribution in [3.63, 3.8) is 0 Å². The van der Waals surface area contributed by atoms with Crippen molar-refractivity contribution < 1.29 is 19.4 Å². The maximum Gasteiger partial charge on any atom is 0.410 e. The molecule has 32 heavy (non-hydrogen) atoms. The van der Waals surface area contributed by atoms with Crippen molar-refractivity contribution in [2.75, 3.05) is 19.8 Å². The van der Waals surface area contributed by atoms with E-state index in [0.717, 1.165) is 31.2 Å². The predicted octanol–water partition coefficient (Wildman–Crippen LogP) is 3.83. The second-order valence-corrected chi connectivity index (χ2v) is 9.11. The lowest BCUT2D eigenvalue weighted by atomic mass is 9.83. The first-order chi connectivity index (χ1) is 15.6. The number of nitrogens with zero attached hydrogens (tertiary/aromatic N) is 1. The quantitative estimate of drug-likeness (QED) is 0.686. The van der Waals surface area contributed by atoms with Crippen LogP contribution < -0.4 is 5.73 Å². The fourth-order valence-corrected chi connectivity index (χ4v) is 4.94. The van der Waals surface area contributed by atoms with Crippen molar-refractivity contribution in [1.82, 2.24) is 4.90 Å². The third kappa shape index (κ3) is 5.31. The van der Waals surface area contributed by atoms with Gasteiger partial charge in [0.1, 0.15) is 6.61 Å². The molecule has 6 heteroatoms. The Morgan fingerprint density at radius 2 is 1.69 bits per heavy atom. The molecule has 2 aliphatic rings. The van der Waals surface area contributed by atoms with Gasteiger partial charge in [-0.25, -0.2) is 4.79 Å². The van der Waals surface area contributed by atoms with E-state index in [0.29, 0.717) is 25.5 Å². The lowest BCUT2D eigenvalue weighted by Crippen LogP contribution is -2.57. The van der Waals surface area contributed by atoms with E-state index >= 15 is 0 Å². The van der Waals surface area contributed by atoms with Crippen molar-refractivity contribution in [3.05, 3.63) is 71.8 Å². The van der Waals surface area contributed by atoms with E-state index in [1.165, 1.54) is 5.56 Å². The summed E-state index contributed by atoms with van der Waals surface area (Å²) in [5.41, 5.74) is 7.94. The third-order valence-electron chi connectivity index (χ3n) is 7.03. The minimum absolute atomic E-state index is 0.153. The highest BCUT2D eigenvalue weighted by atomic mass is 16.6. The number of hydrogen-bond acceptors (Lipinski definition) is 5. The number of benzene rings is 2. The highest BCUT2D eigenvalue weighted by molar-refractivity contribution is 5.69. The van der Waals surface area contributed by atoms with Crippen LogP contribution in [0.1, 0.15) is 49.1 Å². The van der Waals surface area contributed by atoms with Crippen molar-refractivity contribution in [1.29, 1.82) is 0 Å². The van der Waals surface area contributed by atoms with Gasteiger partial charge in [0.25, 0.3) is 0 Å². The van der Waals surface area contributed by atoms with Crippen LogP contribution >= 0.6 is 0 Å². The summed E-state index contributed by atoms with van der Waals surface area (Å²) in [6.45, 7) is 0.797. The Morgan fingerprint density at radius 1 is 1.03 bits per heavy atom. The first-order valence-corrected chi connectivity index (χ1v) is 11.6. The summed E-state index contributed by atoms with van der Waals surface area (Å²) in [6, 6.07) is 19.8. The molecule has 6 nitrogen and oxygen atoms in total. The molecule has 3 N–H and O–H groups in total. The van der Waals surface area contributed by atoms with Crippen LogP contribution in [0, 0.1) is 0 Å². The average Bonchev–Trinajstić information content (AvgIpc) is 3.19. The normalized spacial score (nSPS) is 27.9. The highest BCUT2D eigenvalue weighted by Gasteiger charge is 2.47. The Bertz CT molecular complexity index is 855. The second kappa shape index (κ2) is 10.5. The monoisotopic (exact) mass is 438 g/mol. The number of amides is 1. The Kier molecular flexibility index (Phi) is 7.45. The van der Waals surface area contributed by atoms with E-state index in [-0.39, 0.29) is 19.3 Å². The third-order valence-corrected chi connectivity index (χ3v) is 7.03. The van der Waals surface area contributed by atoms with Crippen molar-refractivity contribution in [2.24, 2.45) is 5.73 Å². The summed E-state index contributed by atoms with van der Waals surface area (Å²) in [6.07, 6.45) is 4.43. The Labute approximate surface area is 190 Å². The number of ether oxygens (including phenoxy) is 2. The molecule has 2 atom stereocenters. The maximum absolute atomic E-state index is 12.8. The predicted molar refractivity (Wildman–Crippen MR) is 123 cm³/mol. The van der Waals surface area contributed by atoms with Gasteiger partial charge in [0.05, 0.1) is 30.9 Å². The highest BCUT2D eigenvalue weighted by Crippen LogP contribution is 2.35. The summed E-state index contributed by atoms with van der Waals surface area (Å²) in [5, 5.41) is 9.94. The minimum atomic E-state index is -0.868. The zero-order chi connectivity index (χ0) is 22.4. The fraction of sp³-hybridized carbons (Fsp3) is 0.500. The fourth-order valence-electron chi connectivity index (χ4n) is 4.94. The van der Waals surface area contributed by atoms with Gasteiger partial charge in [-0.3, -0.25) is 0 Å². The summed E-state index contributed by atoms with van der Waals surface area (Å²) >= 11 is 0. The summed E-state index contributed by atoms with van der Waals surface area (Å²) in [7, 11) is 0. The van der Waals surface area contributed by atoms with Gasteiger partial charge in [-0.1, -0.05) is 60.7 Å². The van der Waals surface area contributed by atoms with E-state index < -0.39 is 17.7 Å². The van der Waals surface area contributed by atoms with E-state index in [1.54, 1.807) is 4.90 Å². The number of aliphatic hydroxyl groups excluding tert-OH is 1. The van der Waals surface area contributed by atoms with Crippen molar-refractivity contribution in [3.8, 4) is 0 Å². The first kappa shape index (κ1) is 22.8. The van der Waals surface area contributed by atoms with Crippen LogP contribution in [-0.4, -0.2) is 53.5 Å². The zero-order valence-corrected chi connectivity index (χ0v) is 18.6. The molecule has 1 saturated heterocycles. The first-order valence-electron chi connectivity index (χ1n) is 11.6. The lowest BCUT2D eigenvalue weighted by molar-refractivity contribution is -0.0202. The lowest BCUT2D eigenvalue weighted by Gasteiger charge is -2.35. The number of likely N-dealkylation sites (tertiary alicyclic amines) is 1. The van der Waals surface area contributed by atoms with Gasteiger partial charge < -0.3 is 25.2 Å². The topological polar surface area (TPSA) is 85.0 Å². The average molecular weight is 439 g/mol. The van der Waals surface area contributed by atoms with Crippen LogP contribution in [0.25, 0.3) is 0 Å². The van der Waals surface area contributed by atoms with Gasteiger partial charge in [-0.15, -0.1) is 0 Å². The Morgan fingerprint density at radius 3 is 2.34 bits per heavy atom. The van der Waals surface area contributed by atoms with Crippen molar-refractivity contribution in [2.45, 2.75) is 62.3 Å². The molecule has 0 aromatic heterocycles. The molecule has 2 unspecified atom stereocenters. The van der Waals surface area contributed by atoms with Crippen LogP contribution in [0.4, 0.5) is 4.79 Å². The molecule has 1 aliphatic carbocycles. The smallest absolute Gasteiger partial charge is 0.410 e. The molecule has 2 aromatic carbocycles. The van der Waals surface area contributed by atoms with E-state index in [9.17, 15) is 9.90 Å². The molecule has 4 rings (SSSR count). The van der Waals surface area contributed by atoms with Crippen LogP contribution in [-0.2, 0) is 16.1 Å². The summed E-state index contributed by atoms with van der Waals surface area (Å²) in [5.74, 6) is 0.582. The Hall–Kier alpha value is -2.41. The molecule has 0 spiro atoms. The molecule has 172 valence electrons. The number of carbonyl (C=O) groups is 1. The van der Waals surface area contributed by atoms with E-state index in [4.69, 9.17) is 15.2 Å². The van der Waals surface area contributed by atoms with Gasteiger partial charge in [0, 0.05) is 6.54 Å². The standard InChI is InChI=1S/C26H34N2O4/c27-26(19-29)15-16-28(25(30)32-17-20-7-3-1-4-8-20)24(26)18-31-23-13-11-22(12-14-23)21-9-5-2-6-10-21/h1-10,22-24,29H,11-19,27H2. The molecule has 2 fully saturated rings. The number of carbonyl (C=O) groups excluding carboxylic acids is 1. The maximum atomic E-state index is 12.8. The molecule has 1 aliphatic heterocycles.